The van der Waals surface area contributed by atoms with Crippen molar-refractivity contribution >= 4 is 26.9 Å². The van der Waals surface area contributed by atoms with Gasteiger partial charge in [0.2, 0.25) is 0 Å². The topological polar surface area (TPSA) is 98.0 Å². The van der Waals surface area contributed by atoms with Gasteiger partial charge in [-0.1, -0.05) is 6.07 Å². The molecule has 0 atom stereocenters. The highest BCUT2D eigenvalue weighted by Gasteiger charge is 2.21. The number of anilines is 1. The van der Waals surface area contributed by atoms with Crippen LogP contribution < -0.4 is 4.72 Å². The molecular weight excluding hydrogens is 292 g/mol. The molecule has 0 saturated heterocycles. The molecule has 8 heteroatoms. The van der Waals surface area contributed by atoms with Crippen molar-refractivity contribution in [3.8, 4) is 0 Å². The van der Waals surface area contributed by atoms with Crippen LogP contribution in [-0.2, 0) is 10.0 Å². The molecule has 0 radical (unpaired) electrons. The summed E-state index contributed by atoms with van der Waals surface area (Å²) in [7, 11) is -3.82. The predicted octanol–water partition coefficient (Wildman–Crippen LogP) is 2.04. The van der Waals surface area contributed by atoms with Crippen molar-refractivity contribution in [2.45, 2.75) is 18.7 Å². The maximum Gasteiger partial charge on any atom is 0.265 e. The zero-order chi connectivity index (χ0) is 15.0. The molecule has 3 aromatic rings. The van der Waals surface area contributed by atoms with Gasteiger partial charge in [0.1, 0.15) is 16.2 Å². The van der Waals surface area contributed by atoms with E-state index in [4.69, 9.17) is 0 Å². The van der Waals surface area contributed by atoms with Gasteiger partial charge in [0.25, 0.3) is 10.0 Å². The zero-order valence-electron chi connectivity index (χ0n) is 11.4. The predicted molar refractivity (Wildman–Crippen MR) is 76.3 cm³/mol. The van der Waals surface area contributed by atoms with Crippen molar-refractivity contribution in [1.82, 2.24) is 15.3 Å². The Balaban J connectivity index is 2.06. The normalized spacial score (nSPS) is 11.7. The highest BCUT2D eigenvalue weighted by atomic mass is 32.2. The van der Waals surface area contributed by atoms with Crippen LogP contribution in [0.25, 0.3) is 11.0 Å². The summed E-state index contributed by atoms with van der Waals surface area (Å²) in [6.07, 6.45) is 0. The van der Waals surface area contributed by atoms with Crippen LogP contribution in [0, 0.1) is 13.8 Å². The summed E-state index contributed by atoms with van der Waals surface area (Å²) in [5.41, 5.74) is 2.22. The molecule has 2 heterocycles. The van der Waals surface area contributed by atoms with E-state index < -0.39 is 10.0 Å². The fourth-order valence-electron chi connectivity index (χ4n) is 2.08. The van der Waals surface area contributed by atoms with Gasteiger partial charge in [-0.25, -0.2) is 18.0 Å². The van der Waals surface area contributed by atoms with Crippen molar-refractivity contribution in [3.63, 3.8) is 0 Å². The van der Waals surface area contributed by atoms with Crippen LogP contribution in [0.4, 0.5) is 5.82 Å². The van der Waals surface area contributed by atoms with Crippen LogP contribution in [0.2, 0.25) is 0 Å². The number of rotatable bonds is 3. The maximum absolute atomic E-state index is 12.5. The minimum Gasteiger partial charge on any atom is -0.263 e. The van der Waals surface area contributed by atoms with E-state index in [2.05, 4.69) is 24.6 Å². The molecule has 1 N–H and O–H groups in total. The molecule has 0 aliphatic heterocycles. The Morgan fingerprint density at radius 3 is 2.71 bits per heavy atom. The molecule has 0 amide bonds. The van der Waals surface area contributed by atoms with Crippen molar-refractivity contribution in [3.05, 3.63) is 41.6 Å². The quantitative estimate of drug-likeness (QED) is 0.795. The third-order valence-electron chi connectivity index (χ3n) is 2.88. The Kier molecular flexibility index (Phi) is 3.09. The number of aromatic nitrogens is 3. The molecule has 0 fully saturated rings. The second-order valence-corrected chi connectivity index (χ2v) is 6.32. The lowest BCUT2D eigenvalue weighted by Crippen LogP contribution is -2.14. The van der Waals surface area contributed by atoms with Crippen molar-refractivity contribution in [2.75, 3.05) is 4.72 Å². The SMILES string of the molecule is Cc1cc(C)nc(NS(=O)(=O)c2cccc3nonc23)c1. The first-order valence-electron chi connectivity index (χ1n) is 6.15. The van der Waals surface area contributed by atoms with E-state index in [1.807, 2.05) is 13.0 Å². The van der Waals surface area contributed by atoms with Gasteiger partial charge in [0.05, 0.1) is 0 Å². The van der Waals surface area contributed by atoms with E-state index in [1.54, 1.807) is 25.1 Å². The van der Waals surface area contributed by atoms with Gasteiger partial charge >= 0.3 is 0 Å². The lowest BCUT2D eigenvalue weighted by atomic mass is 10.2. The van der Waals surface area contributed by atoms with E-state index in [0.29, 0.717) is 5.52 Å². The largest absolute Gasteiger partial charge is 0.265 e. The second kappa shape index (κ2) is 4.81. The molecule has 1 aromatic carbocycles. The van der Waals surface area contributed by atoms with Crippen molar-refractivity contribution < 1.29 is 13.0 Å². The van der Waals surface area contributed by atoms with E-state index in [1.165, 1.54) is 6.07 Å². The third kappa shape index (κ3) is 2.57. The summed E-state index contributed by atoms with van der Waals surface area (Å²) >= 11 is 0. The first kappa shape index (κ1) is 13.5. The van der Waals surface area contributed by atoms with Gasteiger partial charge in [-0.2, -0.15) is 0 Å². The van der Waals surface area contributed by atoms with Gasteiger partial charge in [-0.05, 0) is 54.0 Å². The molecule has 7 nitrogen and oxygen atoms in total. The molecule has 0 spiro atoms. The van der Waals surface area contributed by atoms with E-state index in [0.717, 1.165) is 11.3 Å². The molecular formula is C13H12N4O3S. The molecule has 0 aliphatic rings. The van der Waals surface area contributed by atoms with Crippen LogP contribution in [0.3, 0.4) is 0 Å². The summed E-state index contributed by atoms with van der Waals surface area (Å²) in [6, 6.07) is 8.17. The van der Waals surface area contributed by atoms with E-state index in [-0.39, 0.29) is 16.2 Å². The van der Waals surface area contributed by atoms with Crippen molar-refractivity contribution in [1.29, 1.82) is 0 Å². The van der Waals surface area contributed by atoms with Gasteiger partial charge in [-0.15, -0.1) is 0 Å². The zero-order valence-corrected chi connectivity index (χ0v) is 12.2. The summed E-state index contributed by atoms with van der Waals surface area (Å²) < 4.78 is 32.0. The Hall–Kier alpha value is -2.48. The number of aryl methyl sites for hydroxylation is 2. The minimum atomic E-state index is -3.82. The Morgan fingerprint density at radius 2 is 1.95 bits per heavy atom. The fraction of sp³-hybridized carbons (Fsp3) is 0.154. The third-order valence-corrected chi connectivity index (χ3v) is 4.26. The Labute approximate surface area is 121 Å². The average molecular weight is 304 g/mol. The van der Waals surface area contributed by atoms with Gasteiger partial charge in [0.15, 0.2) is 5.52 Å². The number of hydrogen-bond acceptors (Lipinski definition) is 6. The number of fused-ring (bicyclic) bond motifs is 1. The van der Waals surface area contributed by atoms with Crippen LogP contribution in [-0.4, -0.2) is 23.7 Å². The smallest absolute Gasteiger partial charge is 0.263 e. The lowest BCUT2D eigenvalue weighted by molar-refractivity contribution is 0.315. The average Bonchev–Trinajstić information content (AvgIpc) is 2.84. The molecule has 0 unspecified atom stereocenters. The van der Waals surface area contributed by atoms with E-state index in [9.17, 15) is 8.42 Å². The number of sulfonamides is 1. The lowest BCUT2D eigenvalue weighted by Gasteiger charge is -2.08. The first-order valence-corrected chi connectivity index (χ1v) is 7.63. The number of nitrogens with zero attached hydrogens (tertiary/aromatic N) is 3. The van der Waals surface area contributed by atoms with E-state index >= 15 is 0 Å². The van der Waals surface area contributed by atoms with Crippen LogP contribution >= 0.6 is 0 Å². The summed E-state index contributed by atoms with van der Waals surface area (Å²) in [6.45, 7) is 3.67. The highest BCUT2D eigenvalue weighted by molar-refractivity contribution is 7.93. The van der Waals surface area contributed by atoms with Crippen LogP contribution in [0.5, 0.6) is 0 Å². The number of nitrogens with one attached hydrogen (secondary N) is 1. The van der Waals surface area contributed by atoms with Gasteiger partial charge < -0.3 is 0 Å². The second-order valence-electron chi connectivity index (χ2n) is 4.66. The number of hydrogen-bond donors (Lipinski definition) is 1. The van der Waals surface area contributed by atoms with Gasteiger partial charge in [0, 0.05) is 5.69 Å². The summed E-state index contributed by atoms with van der Waals surface area (Å²) in [5, 5.41) is 7.27. The number of benzene rings is 1. The first-order chi connectivity index (χ1) is 9.95. The molecule has 2 aromatic heterocycles. The standard InChI is InChI=1S/C13H12N4O3S/c1-8-6-9(2)14-12(7-8)17-21(18,19)11-5-3-4-10-13(11)16-20-15-10/h3-7H,1-2H3,(H,14,17). The monoisotopic (exact) mass is 304 g/mol. The maximum atomic E-state index is 12.5. The molecule has 3 rings (SSSR count). The highest BCUT2D eigenvalue weighted by Crippen LogP contribution is 2.22. The van der Waals surface area contributed by atoms with Crippen LogP contribution in [0.15, 0.2) is 39.9 Å². The summed E-state index contributed by atoms with van der Waals surface area (Å²) in [5.74, 6) is 0.265. The Bertz CT molecular complexity index is 898. The minimum absolute atomic E-state index is 0.00205. The Morgan fingerprint density at radius 1 is 1.14 bits per heavy atom. The van der Waals surface area contributed by atoms with Crippen molar-refractivity contribution in [2.24, 2.45) is 0 Å². The van der Waals surface area contributed by atoms with Crippen LogP contribution in [0.1, 0.15) is 11.3 Å². The van der Waals surface area contributed by atoms with Gasteiger partial charge in [-0.3, -0.25) is 4.72 Å². The molecule has 0 bridgehead atoms. The molecule has 0 aliphatic carbocycles. The fourth-order valence-corrected chi connectivity index (χ4v) is 3.23. The molecule has 0 saturated carbocycles. The number of pyridine rings is 1. The molecule has 21 heavy (non-hydrogen) atoms. The molecule has 108 valence electrons. The summed E-state index contributed by atoms with van der Waals surface area (Å²) in [4.78, 5) is 4.16.